The first-order valence-corrected chi connectivity index (χ1v) is 7.35. The molecule has 0 heterocycles. The molecular formula is C15H32N2O2. The van der Waals surface area contributed by atoms with E-state index in [0.29, 0.717) is 32.0 Å². The molecule has 0 aromatic heterocycles. The molecule has 19 heavy (non-hydrogen) atoms. The molecule has 0 aliphatic carbocycles. The Kier molecular flexibility index (Phi) is 9.02. The van der Waals surface area contributed by atoms with Crippen molar-refractivity contribution < 1.29 is 9.53 Å². The Morgan fingerprint density at radius 1 is 1.26 bits per heavy atom. The van der Waals surface area contributed by atoms with Gasteiger partial charge in [-0.2, -0.15) is 0 Å². The zero-order valence-corrected chi connectivity index (χ0v) is 13.3. The Morgan fingerprint density at radius 2 is 1.89 bits per heavy atom. The molecule has 1 unspecified atom stereocenters. The Hall–Kier alpha value is -0.610. The summed E-state index contributed by atoms with van der Waals surface area (Å²) >= 11 is 0. The summed E-state index contributed by atoms with van der Waals surface area (Å²) in [5, 5.41) is 2.89. The van der Waals surface area contributed by atoms with E-state index in [2.05, 4.69) is 26.1 Å². The fourth-order valence-electron chi connectivity index (χ4n) is 2.09. The first-order valence-electron chi connectivity index (χ1n) is 7.35. The minimum absolute atomic E-state index is 0.110. The van der Waals surface area contributed by atoms with Crippen LogP contribution in [0.25, 0.3) is 0 Å². The van der Waals surface area contributed by atoms with E-state index >= 15 is 0 Å². The van der Waals surface area contributed by atoms with E-state index in [1.807, 2.05) is 13.8 Å². The first-order chi connectivity index (χ1) is 8.77. The van der Waals surface area contributed by atoms with Crippen LogP contribution < -0.4 is 11.1 Å². The largest absolute Gasteiger partial charge is 0.377 e. The predicted octanol–water partition coefficient (Wildman–Crippen LogP) is 2.32. The van der Waals surface area contributed by atoms with Crippen molar-refractivity contribution in [3.05, 3.63) is 0 Å². The summed E-state index contributed by atoms with van der Waals surface area (Å²) in [5.74, 6) is 0.605. The van der Waals surface area contributed by atoms with Crippen molar-refractivity contribution in [2.45, 2.75) is 60.0 Å². The maximum atomic E-state index is 11.7. The monoisotopic (exact) mass is 272 g/mol. The molecule has 0 aliphatic heterocycles. The molecule has 0 fully saturated rings. The van der Waals surface area contributed by atoms with Crippen molar-refractivity contribution in [2.75, 3.05) is 19.7 Å². The van der Waals surface area contributed by atoms with Crippen LogP contribution in [0.4, 0.5) is 0 Å². The van der Waals surface area contributed by atoms with Gasteiger partial charge in [-0.1, -0.05) is 20.8 Å². The number of hydrogen-bond donors (Lipinski definition) is 2. The summed E-state index contributed by atoms with van der Waals surface area (Å²) in [7, 11) is 0. The molecule has 0 saturated heterocycles. The highest BCUT2D eigenvalue weighted by molar-refractivity contribution is 5.75. The van der Waals surface area contributed by atoms with E-state index in [9.17, 15) is 4.79 Å². The van der Waals surface area contributed by atoms with Gasteiger partial charge in [0.25, 0.3) is 0 Å². The lowest BCUT2D eigenvalue weighted by atomic mass is 9.76. The second-order valence-electron chi connectivity index (χ2n) is 6.45. The number of hydrogen-bond acceptors (Lipinski definition) is 3. The van der Waals surface area contributed by atoms with Crippen LogP contribution in [0.5, 0.6) is 0 Å². The predicted molar refractivity (Wildman–Crippen MR) is 79.9 cm³/mol. The molecular weight excluding hydrogens is 240 g/mol. The first kappa shape index (κ1) is 18.4. The third-order valence-corrected chi connectivity index (χ3v) is 3.34. The molecule has 0 radical (unpaired) electrons. The topological polar surface area (TPSA) is 64.3 Å². The summed E-state index contributed by atoms with van der Waals surface area (Å²) in [6, 6.07) is 0. The second-order valence-corrected chi connectivity index (χ2v) is 6.45. The normalized spacial score (nSPS) is 13.6. The molecule has 1 atom stereocenters. The Labute approximate surface area is 118 Å². The molecule has 4 nitrogen and oxygen atoms in total. The molecule has 0 aliphatic rings. The van der Waals surface area contributed by atoms with Crippen LogP contribution in [0.2, 0.25) is 0 Å². The van der Waals surface area contributed by atoms with Gasteiger partial charge in [0.15, 0.2) is 0 Å². The van der Waals surface area contributed by atoms with E-state index in [0.717, 1.165) is 12.8 Å². The Morgan fingerprint density at radius 3 is 2.37 bits per heavy atom. The van der Waals surface area contributed by atoms with Gasteiger partial charge >= 0.3 is 0 Å². The summed E-state index contributed by atoms with van der Waals surface area (Å²) < 4.78 is 5.38. The lowest BCUT2D eigenvalue weighted by molar-refractivity contribution is -0.121. The molecule has 114 valence electrons. The zero-order chi connectivity index (χ0) is 14.9. The van der Waals surface area contributed by atoms with Gasteiger partial charge in [0.05, 0.1) is 12.7 Å². The van der Waals surface area contributed by atoms with Crippen LogP contribution in [0.15, 0.2) is 0 Å². The molecule has 0 spiro atoms. The Balaban J connectivity index is 3.86. The lowest BCUT2D eigenvalue weighted by Crippen LogP contribution is -2.30. The quantitative estimate of drug-likeness (QED) is 0.633. The average molecular weight is 272 g/mol. The molecule has 0 saturated carbocycles. The van der Waals surface area contributed by atoms with E-state index in [1.165, 1.54) is 0 Å². The van der Waals surface area contributed by atoms with Gasteiger partial charge in [-0.3, -0.25) is 4.79 Å². The third kappa shape index (κ3) is 9.91. The highest BCUT2D eigenvalue weighted by atomic mass is 16.5. The van der Waals surface area contributed by atoms with E-state index in [-0.39, 0.29) is 17.4 Å². The van der Waals surface area contributed by atoms with Crippen LogP contribution in [0.3, 0.4) is 0 Å². The van der Waals surface area contributed by atoms with E-state index < -0.39 is 0 Å². The van der Waals surface area contributed by atoms with Crippen LogP contribution in [0, 0.1) is 11.3 Å². The lowest BCUT2D eigenvalue weighted by Gasteiger charge is -2.30. The molecule has 3 N–H and O–H groups in total. The molecule has 1 amide bonds. The Bertz CT molecular complexity index is 247. The summed E-state index contributed by atoms with van der Waals surface area (Å²) in [5.41, 5.74) is 5.85. The standard InChI is InChI=1S/C15H32N2O2/c1-12(2)19-11-10-17-14(18)7-6-13(8-9-16)15(3,4)5/h12-13H,6-11,16H2,1-5H3,(H,17,18). The molecule has 0 bridgehead atoms. The van der Waals surface area contributed by atoms with Crippen LogP contribution in [-0.4, -0.2) is 31.7 Å². The van der Waals surface area contributed by atoms with Crippen molar-refractivity contribution in [1.82, 2.24) is 5.32 Å². The van der Waals surface area contributed by atoms with Crippen LogP contribution in [-0.2, 0) is 9.53 Å². The van der Waals surface area contributed by atoms with Crippen LogP contribution >= 0.6 is 0 Å². The fourth-order valence-corrected chi connectivity index (χ4v) is 2.09. The van der Waals surface area contributed by atoms with Crippen molar-refractivity contribution in [1.29, 1.82) is 0 Å². The van der Waals surface area contributed by atoms with Gasteiger partial charge in [-0.25, -0.2) is 0 Å². The smallest absolute Gasteiger partial charge is 0.220 e. The zero-order valence-electron chi connectivity index (χ0n) is 13.3. The SMILES string of the molecule is CC(C)OCCNC(=O)CCC(CCN)C(C)(C)C. The molecule has 0 aromatic carbocycles. The number of ether oxygens (including phenoxy) is 1. The van der Waals surface area contributed by atoms with Crippen molar-refractivity contribution in [3.8, 4) is 0 Å². The van der Waals surface area contributed by atoms with Crippen molar-refractivity contribution in [3.63, 3.8) is 0 Å². The maximum absolute atomic E-state index is 11.7. The minimum Gasteiger partial charge on any atom is -0.377 e. The summed E-state index contributed by atoms with van der Waals surface area (Å²) in [6.07, 6.45) is 2.67. The third-order valence-electron chi connectivity index (χ3n) is 3.34. The molecule has 4 heteroatoms. The van der Waals surface area contributed by atoms with Crippen LogP contribution in [0.1, 0.15) is 53.9 Å². The van der Waals surface area contributed by atoms with E-state index in [4.69, 9.17) is 10.5 Å². The van der Waals surface area contributed by atoms with Gasteiger partial charge in [-0.05, 0) is 44.6 Å². The molecule has 0 aromatic rings. The van der Waals surface area contributed by atoms with Gasteiger partial charge in [0.2, 0.25) is 5.91 Å². The number of amides is 1. The van der Waals surface area contributed by atoms with E-state index in [1.54, 1.807) is 0 Å². The van der Waals surface area contributed by atoms with Gasteiger partial charge in [-0.15, -0.1) is 0 Å². The summed E-state index contributed by atoms with van der Waals surface area (Å²) in [6.45, 7) is 12.5. The number of carbonyl (C=O) groups is 1. The minimum atomic E-state index is 0.110. The van der Waals surface area contributed by atoms with Gasteiger partial charge in [0.1, 0.15) is 0 Å². The second kappa shape index (κ2) is 9.32. The van der Waals surface area contributed by atoms with Gasteiger partial charge in [0, 0.05) is 13.0 Å². The number of nitrogens with two attached hydrogens (primary N) is 1. The fraction of sp³-hybridized carbons (Fsp3) is 0.933. The maximum Gasteiger partial charge on any atom is 0.220 e. The number of rotatable bonds is 9. The highest BCUT2D eigenvalue weighted by Gasteiger charge is 2.24. The molecule has 0 rings (SSSR count). The number of nitrogens with one attached hydrogen (secondary N) is 1. The average Bonchev–Trinajstić information content (AvgIpc) is 2.28. The highest BCUT2D eigenvalue weighted by Crippen LogP contribution is 2.31. The number of carbonyl (C=O) groups excluding carboxylic acids is 1. The van der Waals surface area contributed by atoms with Gasteiger partial charge < -0.3 is 15.8 Å². The van der Waals surface area contributed by atoms with Crippen molar-refractivity contribution in [2.24, 2.45) is 17.1 Å². The van der Waals surface area contributed by atoms with Crippen molar-refractivity contribution >= 4 is 5.91 Å². The summed E-state index contributed by atoms with van der Waals surface area (Å²) in [4.78, 5) is 11.7.